The van der Waals surface area contributed by atoms with Gasteiger partial charge in [-0.25, -0.2) is 14.4 Å². The van der Waals surface area contributed by atoms with Gasteiger partial charge in [0, 0.05) is 51.8 Å². The van der Waals surface area contributed by atoms with Gasteiger partial charge in [0.1, 0.15) is 23.0 Å². The van der Waals surface area contributed by atoms with Gasteiger partial charge in [-0.15, -0.1) is 0 Å². The first-order valence-corrected chi connectivity index (χ1v) is 15.9. The molecule has 0 saturated carbocycles. The minimum Gasteiger partial charge on any atom is -0.457 e. The van der Waals surface area contributed by atoms with Gasteiger partial charge in [-0.3, -0.25) is 4.57 Å². The number of rotatable bonds is 4. The number of halogens is 1. The number of hydrogen-bond acceptors (Lipinski definition) is 3. The summed E-state index contributed by atoms with van der Waals surface area (Å²) in [6.45, 7) is 4.49. The van der Waals surface area contributed by atoms with Crippen molar-refractivity contribution in [2.75, 3.05) is 0 Å². The molecule has 0 bridgehead atoms. The lowest BCUT2D eigenvalue weighted by Gasteiger charge is -2.35. The third-order valence-electron chi connectivity index (χ3n) is 9.70. The van der Waals surface area contributed by atoms with Gasteiger partial charge < -0.3 is 9.30 Å². The molecule has 0 spiro atoms. The molecule has 0 saturated heterocycles. The van der Waals surface area contributed by atoms with Crippen LogP contribution < -0.4 is 4.74 Å². The van der Waals surface area contributed by atoms with Crippen molar-refractivity contribution in [3.63, 3.8) is 0 Å². The number of hydrogen-bond donors (Lipinski definition) is 0. The van der Waals surface area contributed by atoms with Gasteiger partial charge in [-0.1, -0.05) is 74.5 Å². The van der Waals surface area contributed by atoms with Crippen molar-refractivity contribution in [2.24, 2.45) is 7.05 Å². The zero-order valence-electron chi connectivity index (χ0n) is 26.3. The molecule has 0 amide bonds. The molecule has 0 aliphatic carbocycles. The predicted octanol–water partition coefficient (Wildman–Crippen LogP) is 10.2. The topological polar surface area (TPSA) is 44.9 Å². The molecule has 47 heavy (non-hydrogen) atoms. The highest BCUT2D eigenvalue weighted by Crippen LogP contribution is 2.52. The fraction of sp³-hybridized carbons (Fsp3) is 0.122. The lowest BCUT2D eigenvalue weighted by molar-refractivity contribution is 0.402. The second kappa shape index (κ2) is 10.1. The summed E-state index contributed by atoms with van der Waals surface area (Å²) in [5, 5.41) is 2.12. The van der Waals surface area contributed by atoms with E-state index < -0.39 is 6.17 Å². The zero-order chi connectivity index (χ0) is 31.9. The number of fused-ring (bicyclic) bond motifs is 7. The van der Waals surface area contributed by atoms with Crippen LogP contribution in [0, 0.1) is 0 Å². The van der Waals surface area contributed by atoms with E-state index in [-0.39, 0.29) is 5.41 Å². The molecular weight excluding hydrogens is 583 g/mol. The van der Waals surface area contributed by atoms with Crippen LogP contribution in [-0.2, 0) is 12.5 Å². The minimum atomic E-state index is -1.34. The maximum atomic E-state index is 16.6. The maximum absolute atomic E-state index is 16.6. The van der Waals surface area contributed by atoms with Crippen LogP contribution in [0.4, 0.5) is 4.39 Å². The average Bonchev–Trinajstić information content (AvgIpc) is 3.62. The third kappa shape index (κ3) is 4.07. The van der Waals surface area contributed by atoms with Crippen molar-refractivity contribution in [3.05, 3.63) is 150 Å². The van der Waals surface area contributed by atoms with Crippen molar-refractivity contribution in [2.45, 2.75) is 25.4 Å². The number of aromatic nitrogens is 4. The number of ether oxygens (including phenoxy) is 1. The Balaban J connectivity index is 1.20. The van der Waals surface area contributed by atoms with Crippen LogP contribution in [0.2, 0.25) is 0 Å². The average molecular weight is 615 g/mol. The van der Waals surface area contributed by atoms with Crippen molar-refractivity contribution in [1.29, 1.82) is 0 Å². The molecular formula is C41H31FN4O. The smallest absolute Gasteiger partial charge is 0.150 e. The summed E-state index contributed by atoms with van der Waals surface area (Å²) < 4.78 is 27.3. The van der Waals surface area contributed by atoms with Crippen molar-refractivity contribution >= 4 is 33.0 Å². The standard InChI is InChI=1S/C41H31FN4O/c1-41(2)31-16-4-7-19-34(31)47-35-21-20-29-30-15-10-22-43-40(30)46(38(29)36(35)41)28-14-9-12-26(24-28)37(42)25-11-8-13-27(23-25)39-44-32-17-5-6-18-33(32)45(39)3/h4-24,37H,1-3H3. The van der Waals surface area contributed by atoms with E-state index in [0.717, 1.165) is 72.7 Å². The summed E-state index contributed by atoms with van der Waals surface area (Å²) >= 11 is 0. The van der Waals surface area contributed by atoms with Gasteiger partial charge in [-0.05, 0) is 71.8 Å². The second-order valence-electron chi connectivity index (χ2n) is 12.8. The molecule has 4 heterocycles. The Kier molecular flexibility index (Phi) is 5.94. The summed E-state index contributed by atoms with van der Waals surface area (Å²) in [6, 6.07) is 39.9. The molecule has 0 fully saturated rings. The fourth-order valence-corrected chi connectivity index (χ4v) is 7.43. The molecule has 5 aromatic carbocycles. The van der Waals surface area contributed by atoms with Crippen molar-refractivity contribution in [3.8, 4) is 28.6 Å². The van der Waals surface area contributed by atoms with Crippen LogP contribution in [0.1, 0.15) is 42.3 Å². The maximum Gasteiger partial charge on any atom is 0.150 e. The van der Waals surface area contributed by atoms with E-state index >= 15 is 4.39 Å². The monoisotopic (exact) mass is 614 g/mol. The van der Waals surface area contributed by atoms with Crippen LogP contribution in [-0.4, -0.2) is 19.1 Å². The van der Waals surface area contributed by atoms with Gasteiger partial charge in [0.2, 0.25) is 0 Å². The highest BCUT2D eigenvalue weighted by Gasteiger charge is 2.37. The quantitative estimate of drug-likeness (QED) is 0.198. The highest BCUT2D eigenvalue weighted by atomic mass is 19.1. The Bertz CT molecular complexity index is 2520. The van der Waals surface area contributed by atoms with E-state index in [1.807, 2.05) is 104 Å². The van der Waals surface area contributed by atoms with E-state index in [1.165, 1.54) is 0 Å². The van der Waals surface area contributed by atoms with Crippen LogP contribution in [0.5, 0.6) is 11.5 Å². The summed E-state index contributed by atoms with van der Waals surface area (Å²) in [7, 11) is 2.00. The number of benzene rings is 5. The molecule has 1 aliphatic heterocycles. The zero-order valence-corrected chi connectivity index (χ0v) is 26.3. The van der Waals surface area contributed by atoms with E-state index in [9.17, 15) is 0 Å². The highest BCUT2D eigenvalue weighted by molar-refractivity contribution is 6.10. The van der Waals surface area contributed by atoms with Crippen LogP contribution >= 0.6 is 0 Å². The molecule has 1 aliphatic rings. The number of pyridine rings is 1. The minimum absolute atomic E-state index is 0.355. The molecule has 228 valence electrons. The van der Waals surface area contributed by atoms with Crippen LogP contribution in [0.15, 0.2) is 128 Å². The van der Waals surface area contributed by atoms with Crippen LogP contribution in [0.25, 0.3) is 50.0 Å². The summed E-state index contributed by atoms with van der Waals surface area (Å²) in [5.41, 5.74) is 8.53. The van der Waals surface area contributed by atoms with E-state index in [2.05, 4.69) is 53.3 Å². The van der Waals surface area contributed by atoms with E-state index in [1.54, 1.807) is 0 Å². The first kappa shape index (κ1) is 27.6. The molecule has 9 rings (SSSR count). The van der Waals surface area contributed by atoms with Crippen molar-refractivity contribution < 1.29 is 9.13 Å². The third-order valence-corrected chi connectivity index (χ3v) is 9.70. The van der Waals surface area contributed by atoms with E-state index in [0.29, 0.717) is 11.1 Å². The lowest BCUT2D eigenvalue weighted by Crippen LogP contribution is -2.25. The van der Waals surface area contributed by atoms with Gasteiger partial charge >= 0.3 is 0 Å². The SMILES string of the molecule is Cn1c(-c2cccc(C(F)c3cccc(-n4c5ncccc5c5ccc6c(c54)C(C)(C)c4ccccc4O6)c3)c2)nc2ccccc21. The van der Waals surface area contributed by atoms with Gasteiger partial charge in [0.05, 0.1) is 16.6 Å². The first-order valence-electron chi connectivity index (χ1n) is 15.9. The van der Waals surface area contributed by atoms with Gasteiger partial charge in [0.25, 0.3) is 0 Å². The summed E-state index contributed by atoms with van der Waals surface area (Å²) in [4.78, 5) is 9.70. The summed E-state index contributed by atoms with van der Waals surface area (Å²) in [5.74, 6) is 2.50. The predicted molar refractivity (Wildman–Crippen MR) is 186 cm³/mol. The van der Waals surface area contributed by atoms with Crippen molar-refractivity contribution in [1.82, 2.24) is 19.1 Å². The van der Waals surface area contributed by atoms with Crippen LogP contribution in [0.3, 0.4) is 0 Å². The Hall–Kier alpha value is -5.75. The van der Waals surface area contributed by atoms with E-state index in [4.69, 9.17) is 14.7 Å². The molecule has 0 N–H and O–H groups in total. The number of alkyl halides is 1. The summed E-state index contributed by atoms with van der Waals surface area (Å²) in [6.07, 6.45) is 0.473. The normalized spacial score (nSPS) is 14.2. The number of nitrogens with zero attached hydrogens (tertiary/aromatic N) is 4. The number of para-hydroxylation sites is 3. The molecule has 8 aromatic rings. The second-order valence-corrected chi connectivity index (χ2v) is 12.8. The van der Waals surface area contributed by atoms with Gasteiger partial charge in [-0.2, -0.15) is 0 Å². The Morgan fingerprint density at radius 3 is 2.40 bits per heavy atom. The Morgan fingerprint density at radius 2 is 1.53 bits per heavy atom. The molecule has 0 radical (unpaired) electrons. The molecule has 6 heteroatoms. The number of aryl methyl sites for hydroxylation is 1. The fourth-order valence-electron chi connectivity index (χ4n) is 7.43. The molecule has 3 aromatic heterocycles. The Morgan fingerprint density at radius 1 is 0.745 bits per heavy atom. The Labute approximate surface area is 271 Å². The molecule has 1 unspecified atom stereocenters. The molecule has 1 atom stereocenters. The first-order chi connectivity index (χ1) is 22.9. The number of imidazole rings is 1. The lowest BCUT2D eigenvalue weighted by atomic mass is 9.75. The largest absolute Gasteiger partial charge is 0.457 e. The van der Waals surface area contributed by atoms with Gasteiger partial charge in [0.15, 0.2) is 6.17 Å². The molecule has 5 nitrogen and oxygen atoms in total.